The molecule has 0 atom stereocenters. The Labute approximate surface area is 122 Å². The van der Waals surface area contributed by atoms with Gasteiger partial charge in [0.05, 0.1) is 0 Å². The third-order valence-corrected chi connectivity index (χ3v) is 3.07. The first-order chi connectivity index (χ1) is 9.15. The van der Waals surface area contributed by atoms with Gasteiger partial charge >= 0.3 is 0 Å². The summed E-state index contributed by atoms with van der Waals surface area (Å²) in [5, 5.41) is 2.63. The zero-order valence-electron chi connectivity index (χ0n) is 10.1. The molecule has 0 spiro atoms. The fraction of sp³-hybridized carbons (Fsp3) is 0.133. The molecular formula is C15H13Cl2NO. The lowest BCUT2D eigenvalue weighted by molar-refractivity contribution is -0.114. The molecule has 4 heteroatoms. The van der Waals surface area contributed by atoms with Crippen LogP contribution in [0.25, 0.3) is 0 Å². The Hall–Kier alpha value is -1.51. The van der Waals surface area contributed by atoms with Crippen LogP contribution < -0.4 is 5.32 Å². The van der Waals surface area contributed by atoms with Gasteiger partial charge in [0.15, 0.2) is 4.84 Å². The average molecular weight is 294 g/mol. The molecule has 0 radical (unpaired) electrons. The van der Waals surface area contributed by atoms with Crippen LogP contribution in [0.5, 0.6) is 0 Å². The summed E-state index contributed by atoms with van der Waals surface area (Å²) in [6.45, 7) is 0. The number of carbonyl (C=O) groups excluding carboxylic acids is 1. The van der Waals surface area contributed by atoms with Crippen molar-refractivity contribution < 1.29 is 4.79 Å². The highest BCUT2D eigenvalue weighted by molar-refractivity contribution is 6.54. The zero-order chi connectivity index (χ0) is 13.7. The van der Waals surface area contributed by atoms with Gasteiger partial charge in [-0.1, -0.05) is 65.7 Å². The number of anilines is 1. The average Bonchev–Trinajstić information content (AvgIpc) is 2.42. The molecule has 1 amide bonds. The molecule has 2 aromatic carbocycles. The molecule has 0 fully saturated rings. The van der Waals surface area contributed by atoms with Gasteiger partial charge in [0.25, 0.3) is 5.91 Å². The van der Waals surface area contributed by atoms with E-state index in [0.717, 1.165) is 6.42 Å². The van der Waals surface area contributed by atoms with Gasteiger partial charge in [0, 0.05) is 5.69 Å². The van der Waals surface area contributed by atoms with Crippen molar-refractivity contribution in [3.8, 4) is 0 Å². The minimum absolute atomic E-state index is 0.417. The minimum Gasteiger partial charge on any atom is -0.324 e. The van der Waals surface area contributed by atoms with Crippen LogP contribution in [0.15, 0.2) is 54.6 Å². The van der Waals surface area contributed by atoms with E-state index in [-0.39, 0.29) is 0 Å². The third-order valence-electron chi connectivity index (χ3n) is 2.67. The summed E-state index contributed by atoms with van der Waals surface area (Å²) in [6.07, 6.45) is 0.864. The number of benzene rings is 2. The molecule has 0 aliphatic rings. The van der Waals surface area contributed by atoms with Crippen molar-refractivity contribution in [1.29, 1.82) is 0 Å². The molecule has 0 saturated carbocycles. The van der Waals surface area contributed by atoms with Gasteiger partial charge in [-0.15, -0.1) is 0 Å². The van der Waals surface area contributed by atoms with Gasteiger partial charge in [0.2, 0.25) is 0 Å². The highest BCUT2D eigenvalue weighted by Gasteiger charge is 2.10. The molecule has 2 aromatic rings. The number of alkyl halides is 2. The normalized spacial score (nSPS) is 10.5. The first-order valence-corrected chi connectivity index (χ1v) is 6.74. The van der Waals surface area contributed by atoms with E-state index in [1.54, 1.807) is 0 Å². The molecule has 2 nitrogen and oxygen atoms in total. The summed E-state index contributed by atoms with van der Waals surface area (Å²) in [4.78, 5) is 10.3. The number of carbonyl (C=O) groups is 1. The molecule has 0 aliphatic heterocycles. The molecule has 0 aliphatic carbocycles. The molecule has 0 aromatic heterocycles. The van der Waals surface area contributed by atoms with Crippen LogP contribution in [0.1, 0.15) is 11.1 Å². The van der Waals surface area contributed by atoms with Gasteiger partial charge in [-0.25, -0.2) is 0 Å². The second-order valence-corrected chi connectivity index (χ2v) is 5.25. The van der Waals surface area contributed by atoms with Gasteiger partial charge in [-0.2, -0.15) is 0 Å². The van der Waals surface area contributed by atoms with E-state index in [0.29, 0.717) is 5.69 Å². The Kier molecular flexibility index (Phi) is 4.83. The molecular weight excluding hydrogens is 281 g/mol. The van der Waals surface area contributed by atoms with Crippen molar-refractivity contribution >= 4 is 34.8 Å². The lowest BCUT2D eigenvalue weighted by atomic mass is 10.0. The SMILES string of the molecule is O=C(Nc1ccc(Cc2ccccc2)cc1)C(Cl)Cl. The minimum atomic E-state index is -1.05. The van der Waals surface area contributed by atoms with Crippen LogP contribution in [0.4, 0.5) is 5.69 Å². The number of rotatable bonds is 4. The lowest BCUT2D eigenvalue weighted by Crippen LogP contribution is -2.18. The Morgan fingerprint density at radius 3 is 2.11 bits per heavy atom. The van der Waals surface area contributed by atoms with Gasteiger partial charge in [-0.05, 0) is 29.7 Å². The molecule has 0 bridgehead atoms. The summed E-state index contributed by atoms with van der Waals surface area (Å²) >= 11 is 10.9. The molecule has 2 rings (SSSR count). The number of amides is 1. The van der Waals surface area contributed by atoms with Crippen LogP contribution in [-0.2, 0) is 11.2 Å². The highest BCUT2D eigenvalue weighted by Crippen LogP contribution is 2.14. The maximum absolute atomic E-state index is 11.3. The summed E-state index contributed by atoms with van der Waals surface area (Å²) in [7, 11) is 0. The Morgan fingerprint density at radius 1 is 0.947 bits per heavy atom. The first kappa shape index (κ1) is 13.9. The summed E-state index contributed by atoms with van der Waals surface area (Å²) in [5.41, 5.74) is 3.12. The monoisotopic (exact) mass is 293 g/mol. The van der Waals surface area contributed by atoms with E-state index in [1.165, 1.54) is 11.1 Å². The predicted molar refractivity (Wildman–Crippen MR) is 79.8 cm³/mol. The van der Waals surface area contributed by atoms with Crippen molar-refractivity contribution in [2.75, 3.05) is 5.32 Å². The summed E-state index contributed by atoms with van der Waals surface area (Å²) in [6, 6.07) is 17.8. The quantitative estimate of drug-likeness (QED) is 0.848. The fourth-order valence-electron chi connectivity index (χ4n) is 1.73. The van der Waals surface area contributed by atoms with Gasteiger partial charge in [0.1, 0.15) is 0 Å². The van der Waals surface area contributed by atoms with Crippen molar-refractivity contribution in [3.63, 3.8) is 0 Å². The zero-order valence-corrected chi connectivity index (χ0v) is 11.7. The number of halogens is 2. The van der Waals surface area contributed by atoms with Crippen LogP contribution in [0.2, 0.25) is 0 Å². The fourth-order valence-corrected chi connectivity index (χ4v) is 1.84. The van der Waals surface area contributed by atoms with Crippen LogP contribution in [0.3, 0.4) is 0 Å². The van der Waals surface area contributed by atoms with Gasteiger partial charge < -0.3 is 5.32 Å². The second-order valence-electron chi connectivity index (χ2n) is 4.15. The van der Waals surface area contributed by atoms with E-state index in [9.17, 15) is 4.79 Å². The Balaban J connectivity index is 2.01. The maximum Gasteiger partial charge on any atom is 0.257 e. The van der Waals surface area contributed by atoms with Crippen LogP contribution in [0, 0.1) is 0 Å². The second kappa shape index (κ2) is 6.60. The lowest BCUT2D eigenvalue weighted by Gasteiger charge is -2.07. The van der Waals surface area contributed by atoms with E-state index in [2.05, 4.69) is 17.4 Å². The van der Waals surface area contributed by atoms with Gasteiger partial charge in [-0.3, -0.25) is 4.79 Å². The smallest absolute Gasteiger partial charge is 0.257 e. The van der Waals surface area contributed by atoms with Crippen LogP contribution >= 0.6 is 23.2 Å². The number of hydrogen-bond donors (Lipinski definition) is 1. The molecule has 0 unspecified atom stereocenters. The van der Waals surface area contributed by atoms with Crippen molar-refractivity contribution in [1.82, 2.24) is 0 Å². The molecule has 0 heterocycles. The van der Waals surface area contributed by atoms with Crippen molar-refractivity contribution in [3.05, 3.63) is 65.7 Å². The Morgan fingerprint density at radius 2 is 1.53 bits per heavy atom. The highest BCUT2D eigenvalue weighted by atomic mass is 35.5. The van der Waals surface area contributed by atoms with Crippen LogP contribution in [-0.4, -0.2) is 10.7 Å². The Bertz CT molecular complexity index is 538. The van der Waals surface area contributed by atoms with Crippen molar-refractivity contribution in [2.24, 2.45) is 0 Å². The first-order valence-electron chi connectivity index (χ1n) is 5.87. The number of hydrogen-bond acceptors (Lipinski definition) is 1. The maximum atomic E-state index is 11.3. The summed E-state index contributed by atoms with van der Waals surface area (Å²) in [5.74, 6) is -0.417. The molecule has 19 heavy (non-hydrogen) atoms. The molecule has 0 saturated heterocycles. The van der Waals surface area contributed by atoms with Crippen molar-refractivity contribution in [2.45, 2.75) is 11.3 Å². The van der Waals surface area contributed by atoms with E-state index < -0.39 is 10.7 Å². The third kappa shape index (κ3) is 4.27. The molecule has 1 N–H and O–H groups in total. The largest absolute Gasteiger partial charge is 0.324 e. The van der Waals surface area contributed by atoms with E-state index in [1.807, 2.05) is 42.5 Å². The summed E-state index contributed by atoms with van der Waals surface area (Å²) < 4.78 is 0. The van der Waals surface area contributed by atoms with E-state index >= 15 is 0 Å². The molecule has 98 valence electrons. The van der Waals surface area contributed by atoms with E-state index in [4.69, 9.17) is 23.2 Å². The standard InChI is InChI=1S/C15H13Cl2NO/c16-14(17)15(19)18-13-8-6-12(7-9-13)10-11-4-2-1-3-5-11/h1-9,14H,10H2,(H,18,19). The number of nitrogens with one attached hydrogen (secondary N) is 1. The topological polar surface area (TPSA) is 29.1 Å². The predicted octanol–water partition coefficient (Wildman–Crippen LogP) is 4.02.